The highest BCUT2D eigenvalue weighted by atomic mass is 32.1. The van der Waals surface area contributed by atoms with Crippen LogP contribution in [0.25, 0.3) is 10.1 Å². The molecule has 34 heavy (non-hydrogen) atoms. The van der Waals surface area contributed by atoms with E-state index in [9.17, 15) is 8.78 Å². The minimum atomic E-state index is -1.28. The maximum absolute atomic E-state index is 14.9. The Hall–Kier alpha value is -2.02. The number of benzene rings is 2. The van der Waals surface area contributed by atoms with Crippen LogP contribution in [0.5, 0.6) is 5.75 Å². The van der Waals surface area contributed by atoms with Gasteiger partial charge in [-0.2, -0.15) is 0 Å². The minimum Gasteiger partial charge on any atom is -0.492 e. The third-order valence-electron chi connectivity index (χ3n) is 7.04. The molecule has 1 unspecified atom stereocenters. The number of thiophene rings is 1. The second kappa shape index (κ2) is 9.56. The zero-order valence-corrected chi connectivity index (χ0v) is 21.1. The molecule has 5 rings (SSSR count). The Labute approximate surface area is 205 Å². The van der Waals surface area contributed by atoms with Crippen LogP contribution in [-0.2, 0) is 6.42 Å². The summed E-state index contributed by atoms with van der Waals surface area (Å²) in [6, 6.07) is 17.2. The summed E-state index contributed by atoms with van der Waals surface area (Å²) in [6.07, 6.45) is 0.947. The smallest absolute Gasteiger partial charge is 0.119 e. The molecule has 2 aliphatic heterocycles. The first-order valence-corrected chi connectivity index (χ1v) is 13.1. The van der Waals surface area contributed by atoms with Crippen molar-refractivity contribution in [2.24, 2.45) is 5.92 Å². The van der Waals surface area contributed by atoms with Gasteiger partial charge in [0.05, 0.1) is 12.7 Å². The summed E-state index contributed by atoms with van der Waals surface area (Å²) >= 11 is 1.87. The van der Waals surface area contributed by atoms with E-state index >= 15 is 0 Å². The van der Waals surface area contributed by atoms with Crippen LogP contribution in [-0.4, -0.2) is 61.0 Å². The van der Waals surface area contributed by atoms with Crippen LogP contribution in [0.1, 0.15) is 42.8 Å². The van der Waals surface area contributed by atoms with Gasteiger partial charge in [-0.1, -0.05) is 30.3 Å². The lowest BCUT2D eigenvalue weighted by atomic mass is 9.87. The molecule has 1 aromatic heterocycles. The van der Waals surface area contributed by atoms with Crippen molar-refractivity contribution in [3.63, 3.8) is 0 Å². The highest BCUT2D eigenvalue weighted by Crippen LogP contribution is 2.46. The van der Waals surface area contributed by atoms with Crippen LogP contribution in [0.15, 0.2) is 48.5 Å². The van der Waals surface area contributed by atoms with Crippen LogP contribution in [0, 0.1) is 5.92 Å². The van der Waals surface area contributed by atoms with Gasteiger partial charge in [-0.3, -0.25) is 14.2 Å². The van der Waals surface area contributed by atoms with Gasteiger partial charge < -0.3 is 4.74 Å². The summed E-state index contributed by atoms with van der Waals surface area (Å²) in [7, 11) is 0. The average Bonchev–Trinajstić information content (AvgIpc) is 3.13. The van der Waals surface area contributed by atoms with E-state index < -0.39 is 5.67 Å². The lowest BCUT2D eigenvalue weighted by molar-refractivity contribution is 0.0666. The lowest BCUT2D eigenvalue weighted by Gasteiger charge is -2.43. The number of ether oxygens (including phenoxy) is 1. The van der Waals surface area contributed by atoms with E-state index in [0.29, 0.717) is 13.2 Å². The quantitative estimate of drug-likeness (QED) is 0.375. The number of halogens is 2. The van der Waals surface area contributed by atoms with Crippen molar-refractivity contribution in [1.29, 1.82) is 0 Å². The molecule has 1 saturated heterocycles. The predicted molar refractivity (Wildman–Crippen MR) is 137 cm³/mol. The van der Waals surface area contributed by atoms with Crippen LogP contribution in [0.2, 0.25) is 0 Å². The lowest BCUT2D eigenvalue weighted by Crippen LogP contribution is -2.49. The molecule has 182 valence electrons. The zero-order chi connectivity index (χ0) is 23.9. The molecule has 2 aliphatic rings. The second-order valence-corrected chi connectivity index (χ2v) is 11.6. The van der Waals surface area contributed by atoms with E-state index in [2.05, 4.69) is 53.1 Å². The summed E-state index contributed by atoms with van der Waals surface area (Å²) < 4.78 is 34.8. The number of alkyl halides is 2. The molecule has 0 bridgehead atoms. The third-order valence-corrected chi connectivity index (χ3v) is 8.25. The van der Waals surface area contributed by atoms with E-state index in [1.165, 1.54) is 26.1 Å². The largest absolute Gasteiger partial charge is 0.492 e. The molecule has 1 fully saturated rings. The molecule has 0 saturated carbocycles. The molecule has 6 heteroatoms. The molecule has 0 spiro atoms. The summed E-state index contributed by atoms with van der Waals surface area (Å²) in [4.78, 5) is 5.97. The van der Waals surface area contributed by atoms with Crippen LogP contribution >= 0.6 is 11.3 Å². The molecular formula is C28H34F2N2OS. The van der Waals surface area contributed by atoms with Gasteiger partial charge in [0.2, 0.25) is 0 Å². The van der Waals surface area contributed by atoms with E-state index in [0.717, 1.165) is 31.8 Å². The fourth-order valence-corrected chi connectivity index (χ4v) is 6.76. The first-order chi connectivity index (χ1) is 16.3. The van der Waals surface area contributed by atoms with Gasteiger partial charge in [-0.25, -0.2) is 4.39 Å². The van der Waals surface area contributed by atoms with Gasteiger partial charge in [-0.15, -0.1) is 11.3 Å². The van der Waals surface area contributed by atoms with Gasteiger partial charge in [-0.05, 0) is 61.9 Å². The molecule has 0 N–H and O–H groups in total. The predicted octanol–water partition coefficient (Wildman–Crippen LogP) is 6.27. The Morgan fingerprint density at radius 2 is 1.82 bits per heavy atom. The van der Waals surface area contributed by atoms with E-state index in [4.69, 9.17) is 4.74 Å². The highest BCUT2D eigenvalue weighted by molar-refractivity contribution is 7.19. The zero-order valence-electron chi connectivity index (χ0n) is 20.3. The van der Waals surface area contributed by atoms with E-state index in [1.54, 1.807) is 13.8 Å². The summed E-state index contributed by atoms with van der Waals surface area (Å²) in [6.45, 7) is 8.79. The molecule has 2 aromatic carbocycles. The Morgan fingerprint density at radius 3 is 2.53 bits per heavy atom. The van der Waals surface area contributed by atoms with Gasteiger partial charge in [0.1, 0.15) is 18.0 Å². The number of fused-ring (bicyclic) bond motifs is 3. The third kappa shape index (κ3) is 4.86. The minimum absolute atomic E-state index is 0.0118. The van der Waals surface area contributed by atoms with Crippen molar-refractivity contribution in [3.05, 3.63) is 64.5 Å². The maximum Gasteiger partial charge on any atom is 0.119 e. The number of rotatable bonds is 8. The molecule has 0 aliphatic carbocycles. The van der Waals surface area contributed by atoms with Crippen LogP contribution < -0.4 is 4.74 Å². The van der Waals surface area contributed by atoms with Crippen molar-refractivity contribution in [1.82, 2.24) is 9.80 Å². The van der Waals surface area contributed by atoms with Gasteiger partial charge in [0, 0.05) is 47.7 Å². The van der Waals surface area contributed by atoms with Crippen molar-refractivity contribution >= 4 is 21.4 Å². The summed E-state index contributed by atoms with van der Waals surface area (Å²) in [5, 5.41) is 1.28. The topological polar surface area (TPSA) is 15.7 Å². The molecule has 3 heterocycles. The number of hydrogen-bond donors (Lipinski definition) is 0. The molecule has 2 atom stereocenters. The number of nitrogens with zero attached hydrogens (tertiary/aromatic N) is 2. The first kappa shape index (κ1) is 23.7. The Bertz CT molecular complexity index is 1120. The van der Waals surface area contributed by atoms with E-state index in [1.807, 2.05) is 23.5 Å². The SMILES string of the molecule is C[C@H]1Cc2sc3ccccc3c2C(c2ccc(OCCN3CC(CF)C3)cc2)N1CC(C)(C)F. The molecule has 0 amide bonds. The molecule has 0 radical (unpaired) electrons. The fourth-order valence-electron chi connectivity index (χ4n) is 5.41. The maximum atomic E-state index is 14.9. The van der Waals surface area contributed by atoms with Crippen LogP contribution in [0.4, 0.5) is 8.78 Å². The highest BCUT2D eigenvalue weighted by Gasteiger charge is 2.38. The van der Waals surface area contributed by atoms with Crippen molar-refractivity contribution in [3.8, 4) is 5.75 Å². The first-order valence-electron chi connectivity index (χ1n) is 12.3. The Kier molecular flexibility index (Phi) is 6.66. The summed E-state index contributed by atoms with van der Waals surface area (Å²) in [5.74, 6) is 1.04. The molecule has 3 aromatic rings. The summed E-state index contributed by atoms with van der Waals surface area (Å²) in [5.41, 5.74) is 1.22. The second-order valence-electron chi connectivity index (χ2n) is 10.5. The standard InChI is InChI=1S/C28H34F2N2OS/c1-19-14-25-26(23-6-4-5-7-24(23)34-25)27(32(19)18-28(2,3)30)21-8-10-22(11-9-21)33-13-12-31-16-20(15-29)17-31/h4-11,19-20,27H,12-18H2,1-3H3/t19-,27?/m0/s1. The normalized spacial score (nSPS) is 22.0. The van der Waals surface area contributed by atoms with Crippen LogP contribution in [0.3, 0.4) is 0 Å². The molecular weight excluding hydrogens is 450 g/mol. The number of likely N-dealkylation sites (tertiary alicyclic amines) is 1. The monoisotopic (exact) mass is 484 g/mol. The van der Waals surface area contributed by atoms with Crippen molar-refractivity contribution in [2.75, 3.05) is 39.5 Å². The van der Waals surface area contributed by atoms with E-state index in [-0.39, 0.29) is 24.7 Å². The van der Waals surface area contributed by atoms with Crippen molar-refractivity contribution in [2.45, 2.75) is 44.9 Å². The Balaban J connectivity index is 1.39. The van der Waals surface area contributed by atoms with Gasteiger partial charge in [0.25, 0.3) is 0 Å². The average molecular weight is 485 g/mol. The molecule has 3 nitrogen and oxygen atoms in total. The Morgan fingerprint density at radius 1 is 1.09 bits per heavy atom. The van der Waals surface area contributed by atoms with Crippen molar-refractivity contribution < 1.29 is 13.5 Å². The van der Waals surface area contributed by atoms with Gasteiger partial charge in [0.15, 0.2) is 0 Å². The number of hydrogen-bond acceptors (Lipinski definition) is 4. The fraction of sp³-hybridized carbons (Fsp3) is 0.500. The van der Waals surface area contributed by atoms with Gasteiger partial charge >= 0.3 is 0 Å².